The van der Waals surface area contributed by atoms with Crippen molar-refractivity contribution in [3.05, 3.63) is 23.2 Å². The first-order chi connectivity index (χ1) is 7.01. The molecule has 0 aliphatic rings. The maximum atomic E-state index is 12.1. The Morgan fingerprint density at radius 3 is 2.67 bits per heavy atom. The van der Waals surface area contributed by atoms with Crippen LogP contribution in [0.25, 0.3) is 0 Å². The molecule has 2 heterocycles. The van der Waals surface area contributed by atoms with Crippen LogP contribution in [0.15, 0.2) is 25.9 Å². The average Bonchev–Trinajstić information content (AvgIpc) is 2.74. The standard InChI is InChI=1S/C8H8N2O2S3/c1-5-7(14-8(9)10-5)15(11,12)6-3-2-4-13-6/h2-4H,1H3,(H2,9,10). The van der Waals surface area contributed by atoms with Crippen LogP contribution in [0.2, 0.25) is 0 Å². The van der Waals surface area contributed by atoms with Crippen LogP contribution in [0.1, 0.15) is 5.69 Å². The minimum absolute atomic E-state index is 0.238. The van der Waals surface area contributed by atoms with Crippen molar-refractivity contribution in [3.63, 3.8) is 0 Å². The number of thiophene rings is 1. The molecule has 2 N–H and O–H groups in total. The van der Waals surface area contributed by atoms with E-state index in [0.717, 1.165) is 11.3 Å². The maximum absolute atomic E-state index is 12.1. The van der Waals surface area contributed by atoms with Gasteiger partial charge in [0.1, 0.15) is 8.42 Å². The number of thiazole rings is 1. The van der Waals surface area contributed by atoms with Gasteiger partial charge in [-0.25, -0.2) is 13.4 Å². The number of sulfone groups is 1. The highest BCUT2D eigenvalue weighted by atomic mass is 32.3. The number of hydrogen-bond acceptors (Lipinski definition) is 6. The van der Waals surface area contributed by atoms with E-state index in [4.69, 9.17) is 5.73 Å². The van der Waals surface area contributed by atoms with E-state index < -0.39 is 9.84 Å². The number of nitrogens with zero attached hydrogens (tertiary/aromatic N) is 1. The zero-order valence-electron chi connectivity index (χ0n) is 7.80. The van der Waals surface area contributed by atoms with Crippen LogP contribution in [0.3, 0.4) is 0 Å². The van der Waals surface area contributed by atoms with E-state index in [9.17, 15) is 8.42 Å². The van der Waals surface area contributed by atoms with E-state index in [2.05, 4.69) is 4.98 Å². The summed E-state index contributed by atoms with van der Waals surface area (Å²) in [6.45, 7) is 1.65. The Bertz CT molecular complexity index is 569. The zero-order chi connectivity index (χ0) is 11.1. The highest BCUT2D eigenvalue weighted by Crippen LogP contribution is 2.32. The number of rotatable bonds is 2. The lowest BCUT2D eigenvalue weighted by atomic mass is 10.6. The molecule has 0 atom stereocenters. The predicted molar refractivity (Wildman–Crippen MR) is 61.0 cm³/mol. The second-order valence-corrected chi connectivity index (χ2v) is 7.21. The van der Waals surface area contributed by atoms with Gasteiger partial charge in [-0.05, 0) is 18.4 Å². The summed E-state index contributed by atoms with van der Waals surface area (Å²) in [4.78, 5) is 3.91. The highest BCUT2D eigenvalue weighted by molar-refractivity contribution is 7.95. The molecule has 0 saturated carbocycles. The van der Waals surface area contributed by atoms with Gasteiger partial charge in [0.25, 0.3) is 0 Å². The van der Waals surface area contributed by atoms with Crippen molar-refractivity contribution in [2.24, 2.45) is 0 Å². The van der Waals surface area contributed by atoms with Crippen molar-refractivity contribution >= 4 is 37.6 Å². The van der Waals surface area contributed by atoms with Crippen LogP contribution in [0.5, 0.6) is 0 Å². The summed E-state index contributed by atoms with van der Waals surface area (Å²) in [5.74, 6) is 0. The van der Waals surface area contributed by atoms with Crippen LogP contribution in [-0.4, -0.2) is 13.4 Å². The van der Waals surface area contributed by atoms with E-state index >= 15 is 0 Å². The third-order valence-corrected chi connectivity index (χ3v) is 6.52. The fourth-order valence-corrected chi connectivity index (χ4v) is 5.09. The highest BCUT2D eigenvalue weighted by Gasteiger charge is 2.24. The van der Waals surface area contributed by atoms with Crippen molar-refractivity contribution in [3.8, 4) is 0 Å². The molecule has 80 valence electrons. The van der Waals surface area contributed by atoms with Gasteiger partial charge in [-0.3, -0.25) is 0 Å². The average molecular weight is 260 g/mol. The summed E-state index contributed by atoms with van der Waals surface area (Å²) in [7, 11) is -3.41. The van der Waals surface area contributed by atoms with Gasteiger partial charge in [0.15, 0.2) is 5.13 Å². The van der Waals surface area contributed by atoms with Crippen molar-refractivity contribution in [2.75, 3.05) is 5.73 Å². The van der Waals surface area contributed by atoms with Crippen molar-refractivity contribution < 1.29 is 8.42 Å². The molecule has 0 radical (unpaired) electrons. The first-order valence-corrected chi connectivity index (χ1v) is 7.21. The summed E-state index contributed by atoms with van der Waals surface area (Å²) < 4.78 is 24.7. The van der Waals surface area contributed by atoms with Crippen LogP contribution in [0, 0.1) is 6.92 Å². The predicted octanol–water partition coefficient (Wildman–Crippen LogP) is 1.93. The van der Waals surface area contributed by atoms with E-state index in [0.29, 0.717) is 9.90 Å². The molecule has 0 bridgehead atoms. The van der Waals surface area contributed by atoms with Crippen LogP contribution in [-0.2, 0) is 9.84 Å². The van der Waals surface area contributed by atoms with Gasteiger partial charge in [-0.15, -0.1) is 11.3 Å². The van der Waals surface area contributed by atoms with E-state index in [1.54, 1.807) is 24.4 Å². The molecular formula is C8H8N2O2S3. The van der Waals surface area contributed by atoms with Gasteiger partial charge in [0, 0.05) is 0 Å². The number of nitrogen functional groups attached to an aromatic ring is 1. The number of hydrogen-bond donors (Lipinski definition) is 1. The normalized spacial score (nSPS) is 11.8. The Kier molecular flexibility index (Phi) is 2.53. The summed E-state index contributed by atoms with van der Waals surface area (Å²) >= 11 is 2.20. The number of aromatic nitrogens is 1. The quantitative estimate of drug-likeness (QED) is 0.895. The molecule has 0 aliphatic carbocycles. The summed E-state index contributed by atoms with van der Waals surface area (Å²) in [6, 6.07) is 3.28. The van der Waals surface area contributed by atoms with Crippen LogP contribution >= 0.6 is 22.7 Å². The first kappa shape index (κ1) is 10.6. The van der Waals surface area contributed by atoms with E-state index in [-0.39, 0.29) is 9.34 Å². The van der Waals surface area contributed by atoms with Crippen LogP contribution < -0.4 is 5.73 Å². The van der Waals surface area contributed by atoms with Crippen molar-refractivity contribution in [2.45, 2.75) is 15.3 Å². The van der Waals surface area contributed by atoms with Gasteiger partial charge in [0.2, 0.25) is 9.84 Å². The zero-order valence-corrected chi connectivity index (χ0v) is 10.2. The van der Waals surface area contributed by atoms with Gasteiger partial charge in [0.05, 0.1) is 5.69 Å². The Labute approximate surface area is 95.3 Å². The molecule has 2 rings (SSSR count). The molecule has 0 aliphatic heterocycles. The monoisotopic (exact) mass is 260 g/mol. The Balaban J connectivity index is 2.61. The largest absolute Gasteiger partial charge is 0.375 e. The molecule has 0 aromatic carbocycles. The molecule has 0 fully saturated rings. The molecule has 0 unspecified atom stereocenters. The first-order valence-electron chi connectivity index (χ1n) is 4.03. The molecule has 0 saturated heterocycles. The topological polar surface area (TPSA) is 73.0 Å². The van der Waals surface area contributed by atoms with Crippen molar-refractivity contribution in [1.82, 2.24) is 4.98 Å². The molecule has 15 heavy (non-hydrogen) atoms. The Morgan fingerprint density at radius 2 is 2.20 bits per heavy atom. The molecule has 0 spiro atoms. The lowest BCUT2D eigenvalue weighted by Gasteiger charge is -1.97. The van der Waals surface area contributed by atoms with Gasteiger partial charge < -0.3 is 5.73 Å². The maximum Gasteiger partial charge on any atom is 0.227 e. The molecule has 4 nitrogen and oxygen atoms in total. The van der Waals surface area contributed by atoms with Gasteiger partial charge >= 0.3 is 0 Å². The second kappa shape index (κ2) is 3.58. The second-order valence-electron chi connectivity index (χ2n) is 2.86. The van der Waals surface area contributed by atoms with Gasteiger partial charge in [-0.2, -0.15) is 0 Å². The van der Waals surface area contributed by atoms with E-state index in [1.165, 1.54) is 11.3 Å². The number of aryl methyl sites for hydroxylation is 1. The fraction of sp³-hybridized carbons (Fsp3) is 0.125. The smallest absolute Gasteiger partial charge is 0.227 e. The minimum Gasteiger partial charge on any atom is -0.375 e. The summed E-state index contributed by atoms with van der Waals surface area (Å²) in [6.07, 6.45) is 0. The molecule has 2 aromatic rings. The van der Waals surface area contributed by atoms with E-state index in [1.807, 2.05) is 0 Å². The molecule has 0 amide bonds. The van der Waals surface area contributed by atoms with Crippen molar-refractivity contribution in [1.29, 1.82) is 0 Å². The number of anilines is 1. The number of nitrogens with two attached hydrogens (primary N) is 1. The fourth-order valence-electron chi connectivity index (χ4n) is 1.16. The SMILES string of the molecule is Cc1nc(N)sc1S(=O)(=O)c1cccs1. The minimum atomic E-state index is -3.41. The molecule has 7 heteroatoms. The third-order valence-electron chi connectivity index (χ3n) is 1.77. The summed E-state index contributed by atoms with van der Waals surface area (Å²) in [5, 5.41) is 2.01. The Morgan fingerprint density at radius 1 is 1.47 bits per heavy atom. The summed E-state index contributed by atoms with van der Waals surface area (Å²) in [5.41, 5.74) is 5.94. The molecular weight excluding hydrogens is 252 g/mol. The van der Waals surface area contributed by atoms with Crippen LogP contribution in [0.4, 0.5) is 5.13 Å². The van der Waals surface area contributed by atoms with Gasteiger partial charge in [-0.1, -0.05) is 17.4 Å². The Hall–Kier alpha value is -0.920. The third kappa shape index (κ3) is 1.77. The lowest BCUT2D eigenvalue weighted by molar-refractivity contribution is 0.599. The lowest BCUT2D eigenvalue weighted by Crippen LogP contribution is -1.98. The molecule has 2 aromatic heterocycles.